The number of carbonyl (C=O) groups excluding carboxylic acids is 1. The number of ketones is 1. The molecule has 7 nitrogen and oxygen atoms in total. The molecule has 0 radical (unpaired) electrons. The zero-order valence-corrected chi connectivity index (χ0v) is 8.33. The first kappa shape index (κ1) is 10.9. The van der Waals surface area contributed by atoms with Gasteiger partial charge in [-0.1, -0.05) is 0 Å². The molecule has 3 unspecified atom stereocenters. The van der Waals surface area contributed by atoms with E-state index < -0.39 is 35.8 Å². The maximum atomic E-state index is 11.6. The molecule has 7 heteroatoms. The van der Waals surface area contributed by atoms with Crippen LogP contribution in [0.2, 0.25) is 0 Å². The average Bonchev–Trinajstić information content (AvgIpc) is 2.15. The summed E-state index contributed by atoms with van der Waals surface area (Å²) in [6.45, 7) is 0.117. The molecule has 88 valence electrons. The van der Waals surface area contributed by atoms with E-state index in [0.29, 0.717) is 0 Å². The number of morpholine rings is 1. The van der Waals surface area contributed by atoms with Gasteiger partial charge in [0.05, 0.1) is 25.3 Å². The maximum absolute atomic E-state index is 11.6. The highest BCUT2D eigenvalue weighted by molar-refractivity contribution is 6.00. The van der Waals surface area contributed by atoms with Gasteiger partial charge in [0.1, 0.15) is 5.92 Å². The van der Waals surface area contributed by atoms with Crippen molar-refractivity contribution in [2.24, 2.45) is 5.92 Å². The first-order chi connectivity index (χ1) is 7.52. The number of hydrogen-bond acceptors (Lipinski definition) is 4. The second-order valence-electron chi connectivity index (χ2n) is 3.93. The summed E-state index contributed by atoms with van der Waals surface area (Å²) in [7, 11) is 0. The van der Waals surface area contributed by atoms with Gasteiger partial charge in [0.25, 0.3) is 0 Å². The van der Waals surface area contributed by atoms with Gasteiger partial charge in [-0.2, -0.15) is 0 Å². The lowest BCUT2D eigenvalue weighted by Gasteiger charge is -2.45. The van der Waals surface area contributed by atoms with Gasteiger partial charge in [0.2, 0.25) is 0 Å². The van der Waals surface area contributed by atoms with E-state index in [1.807, 2.05) is 0 Å². The smallest absolute Gasteiger partial charge is 0.408 e. The molecular weight excluding hydrogens is 218 g/mol. The summed E-state index contributed by atoms with van der Waals surface area (Å²) in [6.07, 6.45) is -1.28. The molecule has 2 aliphatic rings. The van der Waals surface area contributed by atoms with Crippen LogP contribution in [0.25, 0.3) is 0 Å². The third-order valence-corrected chi connectivity index (χ3v) is 3.00. The molecule has 0 spiro atoms. The van der Waals surface area contributed by atoms with E-state index in [-0.39, 0.29) is 19.6 Å². The van der Waals surface area contributed by atoms with Crippen LogP contribution in [0, 0.1) is 5.92 Å². The quantitative estimate of drug-likeness (QED) is 0.582. The number of amides is 1. The molecule has 2 heterocycles. The SMILES string of the molecule is O=C(O)C1C(=O)CC2COCC1N2C(=O)O. The van der Waals surface area contributed by atoms with Gasteiger partial charge in [-0.15, -0.1) is 0 Å². The van der Waals surface area contributed by atoms with Gasteiger partial charge in [-0.25, -0.2) is 4.79 Å². The van der Waals surface area contributed by atoms with E-state index in [1.165, 1.54) is 0 Å². The number of piperidine rings is 1. The topological polar surface area (TPSA) is 104 Å². The molecule has 0 aliphatic carbocycles. The first-order valence-electron chi connectivity index (χ1n) is 4.87. The standard InChI is InChI=1S/C9H11NO6/c11-6-1-4-2-16-3-5(7(6)8(12)13)10(4)9(14)15/h4-5,7H,1-3H2,(H,12,13)(H,14,15). The molecule has 2 rings (SSSR count). The second-order valence-corrected chi connectivity index (χ2v) is 3.93. The van der Waals surface area contributed by atoms with Crippen LogP contribution < -0.4 is 0 Å². The molecule has 0 aromatic carbocycles. The van der Waals surface area contributed by atoms with Crippen molar-refractivity contribution in [2.45, 2.75) is 18.5 Å². The van der Waals surface area contributed by atoms with Crippen LogP contribution in [0.4, 0.5) is 4.79 Å². The molecular formula is C9H11NO6. The van der Waals surface area contributed by atoms with Gasteiger partial charge < -0.3 is 14.9 Å². The lowest BCUT2D eigenvalue weighted by Crippen LogP contribution is -2.64. The Labute approximate surface area is 90.6 Å². The molecule has 1 amide bonds. The van der Waals surface area contributed by atoms with Crippen LogP contribution in [0.15, 0.2) is 0 Å². The largest absolute Gasteiger partial charge is 0.481 e. The summed E-state index contributed by atoms with van der Waals surface area (Å²) in [5.74, 6) is -3.00. The highest BCUT2D eigenvalue weighted by Crippen LogP contribution is 2.29. The van der Waals surface area contributed by atoms with Gasteiger partial charge in [0, 0.05) is 6.42 Å². The monoisotopic (exact) mass is 229 g/mol. The Kier molecular flexibility index (Phi) is 2.55. The zero-order valence-electron chi connectivity index (χ0n) is 8.33. The molecule has 2 aliphatic heterocycles. The highest BCUT2D eigenvalue weighted by atomic mass is 16.5. The van der Waals surface area contributed by atoms with Crippen LogP contribution in [-0.4, -0.2) is 58.3 Å². The predicted molar refractivity (Wildman–Crippen MR) is 49.0 cm³/mol. The third kappa shape index (κ3) is 1.53. The number of aliphatic carboxylic acids is 1. The Hall–Kier alpha value is -1.63. The van der Waals surface area contributed by atoms with Crippen LogP contribution in [0.5, 0.6) is 0 Å². The molecule has 2 saturated heterocycles. The number of carboxylic acids is 1. The van der Waals surface area contributed by atoms with Crippen LogP contribution in [0.3, 0.4) is 0 Å². The van der Waals surface area contributed by atoms with Crippen molar-refractivity contribution >= 4 is 17.8 Å². The van der Waals surface area contributed by atoms with Crippen LogP contribution in [-0.2, 0) is 14.3 Å². The summed E-state index contributed by atoms with van der Waals surface area (Å²) in [4.78, 5) is 34.6. The van der Waals surface area contributed by atoms with Gasteiger partial charge in [-0.3, -0.25) is 14.5 Å². The second kappa shape index (κ2) is 3.75. The predicted octanol–water partition coefficient (Wildman–Crippen LogP) is -0.593. The minimum atomic E-state index is -1.30. The highest BCUT2D eigenvalue weighted by Gasteiger charge is 2.50. The summed E-state index contributed by atoms with van der Waals surface area (Å²) in [6, 6.07) is -1.44. The van der Waals surface area contributed by atoms with Crippen LogP contribution >= 0.6 is 0 Å². The summed E-state index contributed by atoms with van der Waals surface area (Å²) < 4.78 is 5.13. The Morgan fingerprint density at radius 1 is 1.31 bits per heavy atom. The molecule has 2 N–H and O–H groups in total. The lowest BCUT2D eigenvalue weighted by atomic mass is 9.83. The van der Waals surface area contributed by atoms with Gasteiger partial charge in [-0.05, 0) is 0 Å². The Balaban J connectivity index is 2.33. The van der Waals surface area contributed by atoms with E-state index in [1.54, 1.807) is 0 Å². The first-order valence-corrected chi connectivity index (χ1v) is 4.87. The van der Waals surface area contributed by atoms with Crippen molar-refractivity contribution in [1.82, 2.24) is 4.90 Å². The Bertz CT molecular complexity index is 354. The van der Waals surface area contributed by atoms with Crippen molar-refractivity contribution in [3.05, 3.63) is 0 Å². The number of fused-ring (bicyclic) bond motifs is 2. The van der Waals surface area contributed by atoms with E-state index in [0.717, 1.165) is 4.90 Å². The summed E-state index contributed by atoms with van der Waals surface area (Å²) in [5.41, 5.74) is 0. The number of Topliss-reactive ketones (excluding diaryl/α,β-unsaturated/α-hetero) is 1. The van der Waals surface area contributed by atoms with Crippen molar-refractivity contribution in [2.75, 3.05) is 13.2 Å². The molecule has 2 bridgehead atoms. The van der Waals surface area contributed by atoms with Crippen molar-refractivity contribution in [3.8, 4) is 0 Å². The Morgan fingerprint density at radius 3 is 2.56 bits per heavy atom. The number of hydrogen-bond donors (Lipinski definition) is 2. The molecule has 0 aromatic heterocycles. The van der Waals surface area contributed by atoms with Gasteiger partial charge in [0.15, 0.2) is 5.78 Å². The number of rotatable bonds is 1. The van der Waals surface area contributed by atoms with Crippen molar-refractivity contribution in [1.29, 1.82) is 0 Å². The van der Waals surface area contributed by atoms with Crippen molar-refractivity contribution in [3.63, 3.8) is 0 Å². The van der Waals surface area contributed by atoms with Crippen LogP contribution in [0.1, 0.15) is 6.42 Å². The fourth-order valence-electron chi connectivity index (χ4n) is 2.34. The Morgan fingerprint density at radius 2 is 2.00 bits per heavy atom. The normalized spacial score (nSPS) is 33.6. The maximum Gasteiger partial charge on any atom is 0.408 e. The average molecular weight is 229 g/mol. The van der Waals surface area contributed by atoms with E-state index >= 15 is 0 Å². The summed E-state index contributed by atoms with van der Waals surface area (Å²) in [5, 5.41) is 17.9. The van der Waals surface area contributed by atoms with Gasteiger partial charge >= 0.3 is 12.1 Å². The third-order valence-electron chi connectivity index (χ3n) is 3.00. The minimum absolute atomic E-state index is 0.0362. The summed E-state index contributed by atoms with van der Waals surface area (Å²) >= 11 is 0. The van der Waals surface area contributed by atoms with E-state index in [9.17, 15) is 14.4 Å². The number of nitrogens with zero attached hydrogens (tertiary/aromatic N) is 1. The number of carbonyl (C=O) groups is 3. The van der Waals surface area contributed by atoms with E-state index in [2.05, 4.69) is 0 Å². The van der Waals surface area contributed by atoms with E-state index in [4.69, 9.17) is 14.9 Å². The lowest BCUT2D eigenvalue weighted by molar-refractivity contribution is -0.160. The molecule has 3 atom stereocenters. The molecule has 0 aromatic rings. The molecule has 16 heavy (non-hydrogen) atoms. The fourth-order valence-corrected chi connectivity index (χ4v) is 2.34. The fraction of sp³-hybridized carbons (Fsp3) is 0.667. The number of carboxylic acid groups (broad SMARTS) is 2. The molecule has 0 saturated carbocycles. The zero-order chi connectivity index (χ0) is 11.9. The van der Waals surface area contributed by atoms with Crippen molar-refractivity contribution < 1.29 is 29.3 Å². The minimum Gasteiger partial charge on any atom is -0.481 e. The molecule has 2 fully saturated rings. The number of ether oxygens (including phenoxy) is 1.